The molecule has 0 aliphatic carbocycles. The minimum atomic E-state index is -1.21. The van der Waals surface area contributed by atoms with Crippen molar-refractivity contribution in [2.24, 2.45) is 0 Å². The van der Waals surface area contributed by atoms with Gasteiger partial charge in [-0.3, -0.25) is 4.79 Å². The molecule has 1 unspecified atom stereocenters. The second-order valence-corrected chi connectivity index (χ2v) is 13.0. The lowest BCUT2D eigenvalue weighted by molar-refractivity contribution is -0.148. The van der Waals surface area contributed by atoms with Crippen molar-refractivity contribution in [3.05, 3.63) is 144 Å². The van der Waals surface area contributed by atoms with Crippen LogP contribution in [-0.4, -0.2) is 53.4 Å². The molecule has 6 aromatic carbocycles. The van der Waals surface area contributed by atoms with Gasteiger partial charge in [0.25, 0.3) is 0 Å². The van der Waals surface area contributed by atoms with E-state index in [-0.39, 0.29) is 17.7 Å². The van der Waals surface area contributed by atoms with E-state index in [0.29, 0.717) is 5.56 Å². The van der Waals surface area contributed by atoms with Crippen molar-refractivity contribution in [3.63, 3.8) is 0 Å². The molecular formula is C40H30O8S. The Morgan fingerprint density at radius 2 is 0.918 bits per heavy atom. The number of carbonyl (C=O) groups is 4. The summed E-state index contributed by atoms with van der Waals surface area (Å²) in [4.78, 5) is 52.7. The number of fused-ring (bicyclic) bond motifs is 3. The van der Waals surface area contributed by atoms with E-state index in [1.807, 2.05) is 91.0 Å². The van der Waals surface area contributed by atoms with Gasteiger partial charge in [0.05, 0.1) is 21.9 Å². The van der Waals surface area contributed by atoms with Crippen molar-refractivity contribution in [1.82, 2.24) is 0 Å². The fourth-order valence-corrected chi connectivity index (χ4v) is 7.34. The van der Waals surface area contributed by atoms with Crippen molar-refractivity contribution in [3.8, 4) is 0 Å². The highest BCUT2D eigenvalue weighted by atomic mass is 32.2. The van der Waals surface area contributed by atoms with Crippen LogP contribution in [0, 0.1) is 0 Å². The molecule has 0 spiro atoms. The van der Waals surface area contributed by atoms with Crippen molar-refractivity contribution in [1.29, 1.82) is 0 Å². The van der Waals surface area contributed by atoms with E-state index in [9.17, 15) is 19.2 Å². The predicted octanol–water partition coefficient (Wildman–Crippen LogP) is 7.76. The van der Waals surface area contributed by atoms with E-state index < -0.39 is 46.8 Å². The molecule has 4 atom stereocenters. The summed E-state index contributed by atoms with van der Waals surface area (Å²) < 4.78 is 23.4. The molecule has 49 heavy (non-hydrogen) atoms. The van der Waals surface area contributed by atoms with Crippen LogP contribution in [0.25, 0.3) is 32.3 Å². The van der Waals surface area contributed by atoms with Crippen molar-refractivity contribution < 1.29 is 38.1 Å². The van der Waals surface area contributed by atoms with Gasteiger partial charge in [0.1, 0.15) is 6.61 Å². The van der Waals surface area contributed by atoms with Crippen LogP contribution in [0.5, 0.6) is 0 Å². The van der Waals surface area contributed by atoms with Crippen LogP contribution in [0.2, 0.25) is 0 Å². The normalized spacial score (nSPS) is 18.6. The third-order valence-electron chi connectivity index (χ3n) is 8.37. The second kappa shape index (κ2) is 13.8. The Balaban J connectivity index is 1.17. The summed E-state index contributed by atoms with van der Waals surface area (Å²) in [6, 6.07) is 38.4. The fraction of sp³-hybridized carbons (Fsp3) is 0.150. The van der Waals surface area contributed by atoms with Gasteiger partial charge in [0.15, 0.2) is 17.6 Å². The molecule has 1 saturated heterocycles. The monoisotopic (exact) mass is 670 g/mol. The van der Waals surface area contributed by atoms with Gasteiger partial charge in [-0.1, -0.05) is 91.0 Å². The second-order valence-electron chi connectivity index (χ2n) is 11.7. The Morgan fingerprint density at radius 1 is 0.510 bits per heavy atom. The van der Waals surface area contributed by atoms with Gasteiger partial charge in [0, 0.05) is 6.92 Å². The average Bonchev–Trinajstić information content (AvgIpc) is 3.43. The molecule has 1 fully saturated rings. The standard InChI is InChI=1S/C40H30O8S/c1-24(41)46-40-36(48-39(44)33-19-16-27-10-4-7-13-30(27)22-33)35(47-38(43)32-18-15-26-9-3-6-12-29(26)21-32)34(49-40)23-45-37(42)31-17-14-25-8-2-5-11-28(25)20-31/h2-22,34-36,40H,23H2,1H3/t34-,35+,36+,40?/m1/s1. The number of benzene rings is 6. The summed E-state index contributed by atoms with van der Waals surface area (Å²) in [5.41, 5.74) is -0.134. The topological polar surface area (TPSA) is 105 Å². The minimum absolute atomic E-state index is 0.215. The van der Waals surface area contributed by atoms with Gasteiger partial charge in [-0.25, -0.2) is 14.4 Å². The van der Waals surface area contributed by atoms with Crippen molar-refractivity contribution in [2.75, 3.05) is 6.61 Å². The number of esters is 4. The first-order chi connectivity index (χ1) is 23.8. The Hall–Kier alpha value is -5.67. The molecule has 1 aliphatic rings. The number of carbonyl (C=O) groups excluding carboxylic acids is 4. The first-order valence-corrected chi connectivity index (χ1v) is 16.6. The van der Waals surface area contributed by atoms with E-state index in [0.717, 1.165) is 44.1 Å². The van der Waals surface area contributed by atoms with Crippen LogP contribution in [0.4, 0.5) is 0 Å². The van der Waals surface area contributed by atoms with E-state index in [4.69, 9.17) is 18.9 Å². The van der Waals surface area contributed by atoms with Crippen LogP contribution < -0.4 is 0 Å². The highest BCUT2D eigenvalue weighted by Gasteiger charge is 2.51. The van der Waals surface area contributed by atoms with E-state index in [2.05, 4.69) is 0 Å². The maximum atomic E-state index is 13.7. The zero-order valence-electron chi connectivity index (χ0n) is 26.3. The number of rotatable bonds is 8. The molecule has 0 amide bonds. The number of ether oxygens (including phenoxy) is 4. The minimum Gasteiger partial charge on any atom is -0.461 e. The van der Waals surface area contributed by atoms with Gasteiger partial charge < -0.3 is 18.9 Å². The quantitative estimate of drug-likeness (QED) is 0.119. The van der Waals surface area contributed by atoms with E-state index >= 15 is 0 Å². The Labute approximate surface area is 285 Å². The van der Waals surface area contributed by atoms with Gasteiger partial charge in [0.2, 0.25) is 0 Å². The smallest absolute Gasteiger partial charge is 0.338 e. The highest BCUT2D eigenvalue weighted by molar-refractivity contribution is 8.00. The summed E-state index contributed by atoms with van der Waals surface area (Å²) >= 11 is 1.10. The molecule has 1 aliphatic heterocycles. The predicted molar refractivity (Wildman–Crippen MR) is 187 cm³/mol. The van der Waals surface area contributed by atoms with Gasteiger partial charge in [-0.2, -0.15) is 0 Å². The number of hydrogen-bond acceptors (Lipinski definition) is 9. The maximum Gasteiger partial charge on any atom is 0.338 e. The summed E-state index contributed by atoms with van der Waals surface area (Å²) in [5.74, 6) is -2.55. The van der Waals surface area contributed by atoms with Crippen LogP contribution in [-0.2, 0) is 23.7 Å². The van der Waals surface area contributed by atoms with Gasteiger partial charge >= 0.3 is 23.9 Å². The molecule has 0 aromatic heterocycles. The zero-order valence-corrected chi connectivity index (χ0v) is 27.1. The summed E-state index contributed by atoms with van der Waals surface area (Å²) in [6.07, 6.45) is -2.34. The van der Waals surface area contributed by atoms with E-state index in [1.165, 1.54) is 6.92 Å². The molecule has 1 heterocycles. The number of thioether (sulfide) groups is 1. The summed E-state index contributed by atoms with van der Waals surface area (Å²) in [7, 11) is 0. The molecule has 0 radical (unpaired) electrons. The fourth-order valence-electron chi connectivity index (χ4n) is 5.92. The van der Waals surface area contributed by atoms with Crippen LogP contribution in [0.15, 0.2) is 127 Å². The zero-order chi connectivity index (χ0) is 33.9. The lowest BCUT2D eigenvalue weighted by Gasteiger charge is -2.25. The molecule has 6 aromatic rings. The van der Waals surface area contributed by atoms with E-state index in [1.54, 1.807) is 36.4 Å². The molecule has 244 valence electrons. The maximum absolute atomic E-state index is 13.7. The summed E-state index contributed by atoms with van der Waals surface area (Å²) in [6.45, 7) is 1.03. The van der Waals surface area contributed by atoms with Gasteiger partial charge in [-0.05, 0) is 68.7 Å². The van der Waals surface area contributed by atoms with Crippen molar-refractivity contribution >= 4 is 68.0 Å². The largest absolute Gasteiger partial charge is 0.461 e. The third-order valence-corrected chi connectivity index (χ3v) is 9.76. The molecule has 8 nitrogen and oxygen atoms in total. The lowest BCUT2D eigenvalue weighted by atomic mass is 10.1. The highest BCUT2D eigenvalue weighted by Crippen LogP contribution is 2.40. The van der Waals surface area contributed by atoms with Crippen molar-refractivity contribution in [2.45, 2.75) is 29.8 Å². The van der Waals surface area contributed by atoms with Gasteiger partial charge in [-0.15, -0.1) is 11.8 Å². The Bertz CT molecular complexity index is 2230. The summed E-state index contributed by atoms with van der Waals surface area (Å²) in [5, 5.41) is 4.70. The van der Waals surface area contributed by atoms with Crippen LogP contribution >= 0.6 is 11.8 Å². The molecule has 7 rings (SSSR count). The average molecular weight is 671 g/mol. The Morgan fingerprint density at radius 3 is 1.37 bits per heavy atom. The van der Waals surface area contributed by atoms with Crippen LogP contribution in [0.3, 0.4) is 0 Å². The molecule has 0 saturated carbocycles. The molecule has 0 N–H and O–H groups in total. The first-order valence-electron chi connectivity index (χ1n) is 15.7. The third kappa shape index (κ3) is 6.98. The first kappa shape index (κ1) is 31.9. The lowest BCUT2D eigenvalue weighted by Crippen LogP contribution is -2.42. The SMILES string of the molecule is CC(=O)OC1S[C@H](COC(=O)c2ccc3ccccc3c2)[C@H](OC(=O)c2ccc3ccccc3c2)[C@@H]1OC(=O)c1ccc2ccccc2c1. The molecule has 9 heteroatoms. The molecule has 0 bridgehead atoms. The molecular weight excluding hydrogens is 640 g/mol. The Kier molecular flexibility index (Phi) is 9.00. The number of hydrogen-bond donors (Lipinski definition) is 0. The van der Waals surface area contributed by atoms with Crippen LogP contribution in [0.1, 0.15) is 38.0 Å².